The van der Waals surface area contributed by atoms with Crippen molar-refractivity contribution in [2.24, 2.45) is 0 Å². The van der Waals surface area contributed by atoms with Crippen LogP contribution in [0, 0.1) is 6.92 Å². The summed E-state index contributed by atoms with van der Waals surface area (Å²) in [6, 6.07) is 6.25. The Labute approximate surface area is 121 Å². The molecule has 1 fully saturated rings. The molecule has 1 aromatic carbocycles. The second kappa shape index (κ2) is 6.75. The number of carbonyl (C=O) groups is 1. The monoisotopic (exact) mass is 276 g/mol. The third-order valence-electron chi connectivity index (χ3n) is 3.82. The molecule has 0 radical (unpaired) electrons. The van der Waals surface area contributed by atoms with Gasteiger partial charge in [-0.05, 0) is 70.6 Å². The fourth-order valence-corrected chi connectivity index (χ4v) is 2.54. The molecule has 4 nitrogen and oxygen atoms in total. The average Bonchev–Trinajstić information content (AvgIpc) is 2.43. The van der Waals surface area contributed by atoms with Crippen LogP contribution in [0.3, 0.4) is 0 Å². The van der Waals surface area contributed by atoms with Gasteiger partial charge in [0.1, 0.15) is 0 Å². The van der Waals surface area contributed by atoms with Crippen LogP contribution in [-0.4, -0.2) is 43.7 Å². The molecule has 1 saturated heterocycles. The van der Waals surface area contributed by atoms with Crippen LogP contribution in [0.2, 0.25) is 0 Å². The van der Waals surface area contributed by atoms with Crippen LogP contribution in [0.15, 0.2) is 18.2 Å². The molecule has 0 amide bonds. The zero-order chi connectivity index (χ0) is 14.5. The molecule has 0 unspecified atom stereocenters. The molecular formula is C16H24N2O2. The zero-order valence-corrected chi connectivity index (χ0v) is 12.6. The third kappa shape index (κ3) is 3.73. The lowest BCUT2D eigenvalue weighted by atomic mass is 10.0. The minimum atomic E-state index is -0.249. The van der Waals surface area contributed by atoms with Gasteiger partial charge in [0.2, 0.25) is 0 Å². The van der Waals surface area contributed by atoms with Crippen molar-refractivity contribution in [3.63, 3.8) is 0 Å². The van der Waals surface area contributed by atoms with Gasteiger partial charge >= 0.3 is 5.97 Å². The van der Waals surface area contributed by atoms with Gasteiger partial charge in [-0.25, -0.2) is 4.79 Å². The number of nitrogens with one attached hydrogen (secondary N) is 1. The number of aryl methyl sites for hydroxylation is 1. The molecule has 110 valence electrons. The first-order valence-electron chi connectivity index (χ1n) is 7.33. The fraction of sp³-hybridized carbons (Fsp3) is 0.562. The Morgan fingerprint density at radius 2 is 2.10 bits per heavy atom. The number of hydrogen-bond donors (Lipinski definition) is 1. The van der Waals surface area contributed by atoms with Gasteiger partial charge in [0.15, 0.2) is 0 Å². The van der Waals surface area contributed by atoms with E-state index in [1.165, 1.54) is 0 Å². The Morgan fingerprint density at radius 3 is 2.70 bits per heavy atom. The van der Waals surface area contributed by atoms with Gasteiger partial charge in [-0.1, -0.05) is 0 Å². The molecule has 0 spiro atoms. The molecule has 20 heavy (non-hydrogen) atoms. The molecule has 0 aromatic heterocycles. The van der Waals surface area contributed by atoms with Gasteiger partial charge < -0.3 is 15.0 Å². The van der Waals surface area contributed by atoms with E-state index in [9.17, 15) is 4.79 Å². The van der Waals surface area contributed by atoms with E-state index in [0.717, 1.165) is 37.2 Å². The SMILES string of the molecule is CCOC(=O)c1ccc(NC2CCN(C)CC2)c(C)c1. The first-order valence-corrected chi connectivity index (χ1v) is 7.33. The molecule has 1 N–H and O–H groups in total. The predicted molar refractivity (Wildman–Crippen MR) is 81.3 cm³/mol. The summed E-state index contributed by atoms with van der Waals surface area (Å²) < 4.78 is 5.02. The molecule has 0 bridgehead atoms. The summed E-state index contributed by atoms with van der Waals surface area (Å²) in [4.78, 5) is 14.0. The number of carbonyl (C=O) groups excluding carboxylic acids is 1. The van der Waals surface area contributed by atoms with Crippen molar-refractivity contribution < 1.29 is 9.53 Å². The molecule has 1 aliphatic rings. The summed E-state index contributed by atoms with van der Waals surface area (Å²) >= 11 is 0. The molecule has 1 aliphatic heterocycles. The Bertz CT molecular complexity index is 466. The maximum atomic E-state index is 11.7. The predicted octanol–water partition coefficient (Wildman–Crippen LogP) is 2.68. The molecule has 4 heteroatoms. The number of nitrogens with zero attached hydrogens (tertiary/aromatic N) is 1. The molecule has 0 atom stereocenters. The van der Waals surface area contributed by atoms with Gasteiger partial charge in [-0.15, -0.1) is 0 Å². The number of hydrogen-bond acceptors (Lipinski definition) is 4. The highest BCUT2D eigenvalue weighted by Crippen LogP contribution is 2.21. The fourth-order valence-electron chi connectivity index (χ4n) is 2.54. The first-order chi connectivity index (χ1) is 9.60. The number of esters is 1. The van der Waals surface area contributed by atoms with Crippen molar-refractivity contribution in [2.75, 3.05) is 32.1 Å². The average molecular weight is 276 g/mol. The number of ether oxygens (including phenoxy) is 1. The molecule has 1 heterocycles. The van der Waals surface area contributed by atoms with E-state index in [4.69, 9.17) is 4.74 Å². The number of piperidine rings is 1. The second-order valence-electron chi connectivity index (χ2n) is 5.47. The molecule has 2 rings (SSSR count). The Kier molecular flexibility index (Phi) is 5.01. The quantitative estimate of drug-likeness (QED) is 0.859. The van der Waals surface area contributed by atoms with Crippen molar-refractivity contribution in [1.29, 1.82) is 0 Å². The molecule has 0 aliphatic carbocycles. The van der Waals surface area contributed by atoms with Crippen LogP contribution in [0.25, 0.3) is 0 Å². The lowest BCUT2D eigenvalue weighted by molar-refractivity contribution is 0.0526. The highest BCUT2D eigenvalue weighted by molar-refractivity contribution is 5.90. The van der Waals surface area contributed by atoms with Crippen LogP contribution in [0.4, 0.5) is 5.69 Å². The molecular weight excluding hydrogens is 252 g/mol. The van der Waals surface area contributed by atoms with Crippen LogP contribution >= 0.6 is 0 Å². The summed E-state index contributed by atoms with van der Waals surface area (Å²) in [5.74, 6) is -0.249. The smallest absolute Gasteiger partial charge is 0.338 e. The Morgan fingerprint density at radius 1 is 1.40 bits per heavy atom. The second-order valence-corrected chi connectivity index (χ2v) is 5.47. The van der Waals surface area contributed by atoms with Gasteiger partial charge in [0.05, 0.1) is 12.2 Å². The van der Waals surface area contributed by atoms with Gasteiger partial charge in [0.25, 0.3) is 0 Å². The topological polar surface area (TPSA) is 41.6 Å². The first kappa shape index (κ1) is 14.9. The largest absolute Gasteiger partial charge is 0.462 e. The van der Waals surface area contributed by atoms with E-state index in [1.807, 2.05) is 32.0 Å². The van der Waals surface area contributed by atoms with Crippen LogP contribution in [0.5, 0.6) is 0 Å². The lowest BCUT2D eigenvalue weighted by Crippen LogP contribution is -2.36. The Hall–Kier alpha value is -1.55. The Balaban J connectivity index is 2.00. The summed E-state index contributed by atoms with van der Waals surface area (Å²) in [7, 11) is 2.16. The third-order valence-corrected chi connectivity index (χ3v) is 3.82. The van der Waals surface area contributed by atoms with Crippen molar-refractivity contribution in [1.82, 2.24) is 4.90 Å². The normalized spacial score (nSPS) is 16.9. The number of benzene rings is 1. The van der Waals surface area contributed by atoms with Crippen LogP contribution in [-0.2, 0) is 4.74 Å². The summed E-state index contributed by atoms with van der Waals surface area (Å²) in [6.45, 7) is 6.53. The minimum Gasteiger partial charge on any atom is -0.462 e. The lowest BCUT2D eigenvalue weighted by Gasteiger charge is -2.30. The van der Waals surface area contributed by atoms with Crippen molar-refractivity contribution in [2.45, 2.75) is 32.7 Å². The van der Waals surface area contributed by atoms with Crippen molar-refractivity contribution in [3.05, 3.63) is 29.3 Å². The van der Waals surface area contributed by atoms with Gasteiger partial charge in [-0.3, -0.25) is 0 Å². The van der Waals surface area contributed by atoms with Crippen LogP contribution in [0.1, 0.15) is 35.7 Å². The molecule has 1 aromatic rings. The van der Waals surface area contributed by atoms with Crippen molar-refractivity contribution >= 4 is 11.7 Å². The highest BCUT2D eigenvalue weighted by Gasteiger charge is 2.17. The van der Waals surface area contributed by atoms with E-state index < -0.39 is 0 Å². The van der Waals surface area contributed by atoms with Crippen molar-refractivity contribution in [3.8, 4) is 0 Å². The maximum Gasteiger partial charge on any atom is 0.338 e. The summed E-state index contributed by atoms with van der Waals surface area (Å²) in [6.07, 6.45) is 2.32. The number of likely N-dealkylation sites (tertiary alicyclic amines) is 1. The van der Waals surface area contributed by atoms with Crippen LogP contribution < -0.4 is 5.32 Å². The number of anilines is 1. The standard InChI is InChI=1S/C16H24N2O2/c1-4-20-16(19)13-5-6-15(12(2)11-13)17-14-7-9-18(3)10-8-14/h5-6,11,14,17H,4,7-10H2,1-3H3. The van der Waals surface area contributed by atoms with E-state index in [2.05, 4.69) is 17.3 Å². The van der Waals surface area contributed by atoms with E-state index in [1.54, 1.807) is 0 Å². The van der Waals surface area contributed by atoms with E-state index in [0.29, 0.717) is 18.2 Å². The minimum absolute atomic E-state index is 0.249. The van der Waals surface area contributed by atoms with Gasteiger partial charge in [0, 0.05) is 11.7 Å². The summed E-state index contributed by atoms with van der Waals surface area (Å²) in [5.41, 5.74) is 2.83. The summed E-state index contributed by atoms with van der Waals surface area (Å²) in [5, 5.41) is 3.59. The van der Waals surface area contributed by atoms with Gasteiger partial charge in [-0.2, -0.15) is 0 Å². The molecule has 0 saturated carbocycles. The zero-order valence-electron chi connectivity index (χ0n) is 12.6. The number of rotatable bonds is 4. The van der Waals surface area contributed by atoms with E-state index >= 15 is 0 Å². The highest BCUT2D eigenvalue weighted by atomic mass is 16.5. The van der Waals surface area contributed by atoms with E-state index in [-0.39, 0.29) is 5.97 Å². The maximum absolute atomic E-state index is 11.7.